The van der Waals surface area contributed by atoms with Crippen molar-refractivity contribution in [1.29, 1.82) is 0 Å². The molecule has 68 valence electrons. The van der Waals surface area contributed by atoms with Crippen LogP contribution in [-0.4, -0.2) is 16.7 Å². The SMILES string of the molecule is CNCc1cc2c(C)cccn2n1. The maximum absolute atomic E-state index is 4.42. The summed E-state index contributed by atoms with van der Waals surface area (Å²) in [5.74, 6) is 0. The Morgan fingerprint density at radius 2 is 2.38 bits per heavy atom. The van der Waals surface area contributed by atoms with Gasteiger partial charge in [-0.05, 0) is 31.7 Å². The average Bonchev–Trinajstić information content (AvgIpc) is 2.49. The van der Waals surface area contributed by atoms with E-state index < -0.39 is 0 Å². The summed E-state index contributed by atoms with van der Waals surface area (Å²) in [6, 6.07) is 6.23. The maximum atomic E-state index is 4.42. The number of nitrogens with zero attached hydrogens (tertiary/aromatic N) is 2. The Bertz CT molecular complexity index is 417. The molecule has 2 aromatic heterocycles. The lowest BCUT2D eigenvalue weighted by molar-refractivity contribution is 0.770. The standard InChI is InChI=1S/C10H13N3/c1-8-4-3-5-13-10(8)6-9(12-13)7-11-2/h3-6,11H,7H2,1-2H3. The Hall–Kier alpha value is -1.35. The quantitative estimate of drug-likeness (QED) is 0.746. The first kappa shape index (κ1) is 8.26. The van der Waals surface area contributed by atoms with Gasteiger partial charge < -0.3 is 5.32 Å². The van der Waals surface area contributed by atoms with Gasteiger partial charge >= 0.3 is 0 Å². The van der Waals surface area contributed by atoms with Gasteiger partial charge in [0, 0.05) is 12.7 Å². The molecule has 0 fully saturated rings. The van der Waals surface area contributed by atoms with Gasteiger partial charge in [0.2, 0.25) is 0 Å². The van der Waals surface area contributed by atoms with Crippen molar-refractivity contribution in [2.45, 2.75) is 13.5 Å². The summed E-state index contributed by atoms with van der Waals surface area (Å²) in [6.07, 6.45) is 1.97. The lowest BCUT2D eigenvalue weighted by Crippen LogP contribution is -2.05. The van der Waals surface area contributed by atoms with Crippen LogP contribution < -0.4 is 5.32 Å². The van der Waals surface area contributed by atoms with E-state index in [1.165, 1.54) is 11.1 Å². The van der Waals surface area contributed by atoms with Crippen molar-refractivity contribution in [1.82, 2.24) is 14.9 Å². The number of aryl methyl sites for hydroxylation is 1. The van der Waals surface area contributed by atoms with E-state index >= 15 is 0 Å². The van der Waals surface area contributed by atoms with Gasteiger partial charge in [0.25, 0.3) is 0 Å². The van der Waals surface area contributed by atoms with Crippen LogP contribution in [0, 0.1) is 6.92 Å². The molecule has 0 saturated carbocycles. The van der Waals surface area contributed by atoms with Crippen LogP contribution in [-0.2, 0) is 6.54 Å². The normalized spacial score (nSPS) is 10.9. The molecule has 0 unspecified atom stereocenters. The van der Waals surface area contributed by atoms with Crippen molar-refractivity contribution in [3.63, 3.8) is 0 Å². The van der Waals surface area contributed by atoms with Crippen LogP contribution in [0.2, 0.25) is 0 Å². The van der Waals surface area contributed by atoms with Crippen LogP contribution in [0.4, 0.5) is 0 Å². The Morgan fingerprint density at radius 1 is 1.54 bits per heavy atom. The summed E-state index contributed by atoms with van der Waals surface area (Å²) in [5.41, 5.74) is 3.53. The van der Waals surface area contributed by atoms with E-state index in [0.717, 1.165) is 12.2 Å². The topological polar surface area (TPSA) is 29.3 Å². The third-order valence-corrected chi connectivity index (χ3v) is 2.12. The first-order valence-electron chi connectivity index (χ1n) is 4.40. The molecule has 3 heteroatoms. The summed E-state index contributed by atoms with van der Waals surface area (Å²) in [5, 5.41) is 7.51. The third kappa shape index (κ3) is 1.42. The van der Waals surface area contributed by atoms with Gasteiger partial charge in [-0.25, -0.2) is 4.52 Å². The highest BCUT2D eigenvalue weighted by atomic mass is 15.2. The summed E-state index contributed by atoms with van der Waals surface area (Å²) >= 11 is 0. The van der Waals surface area contributed by atoms with Gasteiger partial charge in [-0.2, -0.15) is 5.10 Å². The highest BCUT2D eigenvalue weighted by molar-refractivity contribution is 5.54. The predicted octanol–water partition coefficient (Wildman–Crippen LogP) is 1.36. The molecule has 2 aromatic rings. The van der Waals surface area contributed by atoms with E-state index in [0.29, 0.717) is 0 Å². The van der Waals surface area contributed by atoms with E-state index in [-0.39, 0.29) is 0 Å². The highest BCUT2D eigenvalue weighted by Gasteiger charge is 2.01. The van der Waals surface area contributed by atoms with E-state index in [2.05, 4.69) is 29.5 Å². The van der Waals surface area contributed by atoms with E-state index in [9.17, 15) is 0 Å². The monoisotopic (exact) mass is 175 g/mol. The molecular formula is C10H13N3. The number of pyridine rings is 1. The predicted molar refractivity (Wildman–Crippen MR) is 52.7 cm³/mol. The molecule has 1 N–H and O–H groups in total. The largest absolute Gasteiger partial charge is 0.314 e. The lowest BCUT2D eigenvalue weighted by atomic mass is 10.2. The van der Waals surface area contributed by atoms with Crippen LogP contribution in [0.3, 0.4) is 0 Å². The minimum Gasteiger partial charge on any atom is -0.314 e. The van der Waals surface area contributed by atoms with Crippen molar-refractivity contribution < 1.29 is 0 Å². The molecular weight excluding hydrogens is 162 g/mol. The molecule has 0 spiro atoms. The Morgan fingerprint density at radius 3 is 3.08 bits per heavy atom. The number of hydrogen-bond acceptors (Lipinski definition) is 2. The van der Waals surface area contributed by atoms with Gasteiger partial charge in [0.15, 0.2) is 0 Å². The Balaban J connectivity index is 2.55. The van der Waals surface area contributed by atoms with Gasteiger partial charge in [0.1, 0.15) is 0 Å². The summed E-state index contributed by atoms with van der Waals surface area (Å²) in [7, 11) is 1.93. The zero-order valence-electron chi connectivity index (χ0n) is 7.91. The molecule has 0 atom stereocenters. The molecule has 0 aliphatic carbocycles. The van der Waals surface area contributed by atoms with Crippen molar-refractivity contribution >= 4 is 5.52 Å². The van der Waals surface area contributed by atoms with Gasteiger partial charge in [-0.1, -0.05) is 6.07 Å². The van der Waals surface area contributed by atoms with E-state index in [4.69, 9.17) is 0 Å². The van der Waals surface area contributed by atoms with E-state index in [1.54, 1.807) is 0 Å². The molecule has 0 bridgehead atoms. The van der Waals surface area contributed by atoms with Crippen molar-refractivity contribution in [3.05, 3.63) is 35.7 Å². The molecule has 0 saturated heterocycles. The minimum atomic E-state index is 0.821. The van der Waals surface area contributed by atoms with Crippen LogP contribution >= 0.6 is 0 Å². The second kappa shape index (κ2) is 3.18. The lowest BCUT2D eigenvalue weighted by Gasteiger charge is -1.94. The van der Waals surface area contributed by atoms with Gasteiger partial charge in [0.05, 0.1) is 11.2 Å². The second-order valence-corrected chi connectivity index (χ2v) is 3.19. The third-order valence-electron chi connectivity index (χ3n) is 2.12. The molecule has 0 aromatic carbocycles. The van der Waals surface area contributed by atoms with Crippen molar-refractivity contribution in [2.24, 2.45) is 0 Å². The molecule has 0 radical (unpaired) electrons. The van der Waals surface area contributed by atoms with Gasteiger partial charge in [-0.3, -0.25) is 0 Å². The van der Waals surface area contributed by atoms with Crippen molar-refractivity contribution in [2.75, 3.05) is 7.05 Å². The number of aromatic nitrogens is 2. The fraction of sp³-hybridized carbons (Fsp3) is 0.300. The number of hydrogen-bond donors (Lipinski definition) is 1. The number of nitrogens with one attached hydrogen (secondary N) is 1. The summed E-state index contributed by atoms with van der Waals surface area (Å²) in [4.78, 5) is 0. The summed E-state index contributed by atoms with van der Waals surface area (Å²) < 4.78 is 1.92. The fourth-order valence-electron chi connectivity index (χ4n) is 1.48. The second-order valence-electron chi connectivity index (χ2n) is 3.19. The molecule has 0 aliphatic rings. The van der Waals surface area contributed by atoms with Gasteiger partial charge in [-0.15, -0.1) is 0 Å². The van der Waals surface area contributed by atoms with Crippen LogP contribution in [0.25, 0.3) is 5.52 Å². The fourth-order valence-corrected chi connectivity index (χ4v) is 1.48. The highest BCUT2D eigenvalue weighted by Crippen LogP contribution is 2.10. The van der Waals surface area contributed by atoms with E-state index in [1.807, 2.05) is 23.8 Å². The molecule has 13 heavy (non-hydrogen) atoms. The molecule has 0 amide bonds. The van der Waals surface area contributed by atoms with Crippen LogP contribution in [0.15, 0.2) is 24.4 Å². The first-order chi connectivity index (χ1) is 6.31. The first-order valence-corrected chi connectivity index (χ1v) is 4.40. The maximum Gasteiger partial charge on any atom is 0.0773 e. The average molecular weight is 175 g/mol. The zero-order valence-corrected chi connectivity index (χ0v) is 7.91. The zero-order chi connectivity index (χ0) is 9.26. The molecule has 3 nitrogen and oxygen atoms in total. The number of rotatable bonds is 2. The molecule has 0 aliphatic heterocycles. The van der Waals surface area contributed by atoms with Crippen LogP contribution in [0.5, 0.6) is 0 Å². The molecule has 2 heterocycles. The van der Waals surface area contributed by atoms with Crippen molar-refractivity contribution in [3.8, 4) is 0 Å². The smallest absolute Gasteiger partial charge is 0.0773 e. The Kier molecular flexibility index (Phi) is 2.02. The minimum absolute atomic E-state index is 0.821. The summed E-state index contributed by atoms with van der Waals surface area (Å²) in [6.45, 7) is 2.92. The number of fused-ring (bicyclic) bond motifs is 1. The molecule has 2 rings (SSSR count). The Labute approximate surface area is 77.4 Å². The van der Waals surface area contributed by atoms with Crippen LogP contribution in [0.1, 0.15) is 11.3 Å².